The normalized spacial score (nSPS) is 13.0. The molecule has 0 aliphatic heterocycles. The van der Waals surface area contributed by atoms with Crippen molar-refractivity contribution in [1.29, 1.82) is 0 Å². The molecule has 0 N–H and O–H groups in total. The molecule has 0 fully saturated rings. The third-order valence-corrected chi connectivity index (χ3v) is 3.43. The minimum atomic E-state index is -0.220. The average Bonchev–Trinajstić information content (AvgIpc) is 2.42. The van der Waals surface area contributed by atoms with Crippen LogP contribution in [0.25, 0.3) is 0 Å². The predicted octanol–water partition coefficient (Wildman–Crippen LogP) is 3.31. The van der Waals surface area contributed by atoms with Crippen molar-refractivity contribution in [3.63, 3.8) is 0 Å². The van der Waals surface area contributed by atoms with Crippen LogP contribution in [0.15, 0.2) is 30.3 Å². The molecule has 1 aromatic rings. The molecular weight excluding hydrogens is 250 g/mol. The molecule has 3 nitrogen and oxygen atoms in total. The van der Waals surface area contributed by atoms with Crippen LogP contribution in [0.1, 0.15) is 39.2 Å². The van der Waals surface area contributed by atoms with E-state index in [9.17, 15) is 4.79 Å². The Hall–Kier alpha value is -1.35. The summed E-state index contributed by atoms with van der Waals surface area (Å²) in [7, 11) is 1.46. The van der Waals surface area contributed by atoms with Gasteiger partial charge in [0.05, 0.1) is 13.0 Å². The third kappa shape index (κ3) is 4.97. The molecule has 0 bridgehead atoms. The van der Waals surface area contributed by atoms with E-state index < -0.39 is 0 Å². The molecule has 0 amide bonds. The SMILES string of the molecule is COC(=O)C(CN(CC(C)C)C(C)C)c1ccccc1. The lowest BCUT2D eigenvalue weighted by molar-refractivity contribution is -0.143. The number of ether oxygens (including phenoxy) is 1. The largest absolute Gasteiger partial charge is 0.469 e. The molecule has 1 aromatic carbocycles. The molecule has 0 saturated heterocycles. The Morgan fingerprint density at radius 1 is 1.10 bits per heavy atom. The molecule has 1 atom stereocenters. The third-order valence-electron chi connectivity index (χ3n) is 3.43. The summed E-state index contributed by atoms with van der Waals surface area (Å²) in [6.45, 7) is 10.4. The number of esters is 1. The highest BCUT2D eigenvalue weighted by Crippen LogP contribution is 2.20. The van der Waals surface area contributed by atoms with Crippen LogP contribution in [0.2, 0.25) is 0 Å². The molecule has 0 radical (unpaired) electrons. The summed E-state index contributed by atoms with van der Waals surface area (Å²) in [6.07, 6.45) is 0. The van der Waals surface area contributed by atoms with Crippen molar-refractivity contribution in [2.24, 2.45) is 5.92 Å². The molecule has 1 unspecified atom stereocenters. The first-order valence-electron chi connectivity index (χ1n) is 7.32. The van der Waals surface area contributed by atoms with Crippen molar-refractivity contribution in [3.8, 4) is 0 Å². The highest BCUT2D eigenvalue weighted by Gasteiger charge is 2.25. The van der Waals surface area contributed by atoms with Gasteiger partial charge < -0.3 is 4.74 Å². The molecule has 0 saturated carbocycles. The highest BCUT2D eigenvalue weighted by atomic mass is 16.5. The Morgan fingerprint density at radius 2 is 1.70 bits per heavy atom. The number of hydrogen-bond donors (Lipinski definition) is 0. The van der Waals surface area contributed by atoms with E-state index in [-0.39, 0.29) is 11.9 Å². The Labute approximate surface area is 122 Å². The second-order valence-electron chi connectivity index (χ2n) is 5.93. The fourth-order valence-corrected chi connectivity index (χ4v) is 2.34. The number of benzene rings is 1. The van der Waals surface area contributed by atoms with Gasteiger partial charge in [0.2, 0.25) is 0 Å². The van der Waals surface area contributed by atoms with Gasteiger partial charge in [0.1, 0.15) is 0 Å². The molecule has 3 heteroatoms. The molecule has 0 aromatic heterocycles. The van der Waals surface area contributed by atoms with Gasteiger partial charge in [-0.1, -0.05) is 44.2 Å². The molecular formula is C17H27NO2. The van der Waals surface area contributed by atoms with Crippen LogP contribution in [0.5, 0.6) is 0 Å². The summed E-state index contributed by atoms with van der Waals surface area (Å²) >= 11 is 0. The number of nitrogens with zero attached hydrogens (tertiary/aromatic N) is 1. The van der Waals surface area contributed by atoms with Gasteiger partial charge in [-0.3, -0.25) is 9.69 Å². The van der Waals surface area contributed by atoms with Gasteiger partial charge in [-0.05, 0) is 25.3 Å². The van der Waals surface area contributed by atoms with E-state index in [0.29, 0.717) is 18.5 Å². The summed E-state index contributed by atoms with van der Waals surface area (Å²) in [5.74, 6) is 0.194. The minimum Gasteiger partial charge on any atom is -0.469 e. The van der Waals surface area contributed by atoms with E-state index in [2.05, 4.69) is 32.6 Å². The number of methoxy groups -OCH3 is 1. The molecule has 112 valence electrons. The quantitative estimate of drug-likeness (QED) is 0.716. The molecule has 1 rings (SSSR count). The smallest absolute Gasteiger partial charge is 0.314 e. The number of carbonyl (C=O) groups excluding carboxylic acids is 1. The molecule has 0 aliphatic carbocycles. The van der Waals surface area contributed by atoms with Crippen molar-refractivity contribution >= 4 is 5.97 Å². The average molecular weight is 277 g/mol. The maximum Gasteiger partial charge on any atom is 0.314 e. The maximum absolute atomic E-state index is 12.1. The molecule has 0 spiro atoms. The summed E-state index contributed by atoms with van der Waals surface area (Å²) in [5.41, 5.74) is 1.02. The van der Waals surface area contributed by atoms with Crippen molar-refractivity contribution < 1.29 is 9.53 Å². The fourth-order valence-electron chi connectivity index (χ4n) is 2.34. The second-order valence-corrected chi connectivity index (χ2v) is 5.93. The first-order chi connectivity index (χ1) is 9.45. The maximum atomic E-state index is 12.1. The van der Waals surface area contributed by atoms with Crippen LogP contribution in [-0.2, 0) is 9.53 Å². The van der Waals surface area contributed by atoms with Gasteiger partial charge in [-0.15, -0.1) is 0 Å². The van der Waals surface area contributed by atoms with Gasteiger partial charge in [0, 0.05) is 19.1 Å². The minimum absolute atomic E-state index is 0.161. The Kier molecular flexibility index (Phi) is 6.73. The van der Waals surface area contributed by atoms with E-state index in [1.165, 1.54) is 7.11 Å². The van der Waals surface area contributed by atoms with E-state index in [0.717, 1.165) is 12.1 Å². The number of hydrogen-bond acceptors (Lipinski definition) is 3. The zero-order valence-corrected chi connectivity index (χ0v) is 13.3. The van der Waals surface area contributed by atoms with Crippen molar-refractivity contribution in [2.75, 3.05) is 20.2 Å². The zero-order valence-electron chi connectivity index (χ0n) is 13.3. The second kappa shape index (κ2) is 8.05. The van der Waals surface area contributed by atoms with Crippen LogP contribution in [0, 0.1) is 5.92 Å². The van der Waals surface area contributed by atoms with Gasteiger partial charge in [-0.2, -0.15) is 0 Å². The van der Waals surface area contributed by atoms with Crippen LogP contribution >= 0.6 is 0 Å². The Morgan fingerprint density at radius 3 is 2.15 bits per heavy atom. The zero-order chi connectivity index (χ0) is 15.1. The van der Waals surface area contributed by atoms with E-state index in [1.54, 1.807) is 0 Å². The highest BCUT2D eigenvalue weighted by molar-refractivity contribution is 5.78. The predicted molar refractivity (Wildman–Crippen MR) is 82.7 cm³/mol. The fraction of sp³-hybridized carbons (Fsp3) is 0.588. The van der Waals surface area contributed by atoms with Crippen LogP contribution in [0.4, 0.5) is 0 Å². The number of carbonyl (C=O) groups is 1. The molecule has 0 aliphatic rings. The lowest BCUT2D eigenvalue weighted by Crippen LogP contribution is -2.39. The molecule has 0 heterocycles. The van der Waals surface area contributed by atoms with Gasteiger partial charge in [0.15, 0.2) is 0 Å². The molecule has 20 heavy (non-hydrogen) atoms. The summed E-state index contributed by atoms with van der Waals surface area (Å²) in [4.78, 5) is 14.5. The van der Waals surface area contributed by atoms with E-state index >= 15 is 0 Å². The first-order valence-corrected chi connectivity index (χ1v) is 7.32. The number of rotatable bonds is 7. The van der Waals surface area contributed by atoms with Gasteiger partial charge in [0.25, 0.3) is 0 Å². The lowest BCUT2D eigenvalue weighted by atomic mass is 9.97. The van der Waals surface area contributed by atoms with Gasteiger partial charge >= 0.3 is 5.97 Å². The first kappa shape index (κ1) is 16.7. The summed E-state index contributed by atoms with van der Waals surface area (Å²) < 4.78 is 4.99. The summed E-state index contributed by atoms with van der Waals surface area (Å²) in [6, 6.07) is 10.3. The topological polar surface area (TPSA) is 29.5 Å². The standard InChI is InChI=1S/C17H27NO2/c1-13(2)11-18(14(3)4)12-16(17(19)20-5)15-9-7-6-8-10-15/h6-10,13-14,16H,11-12H2,1-5H3. The van der Waals surface area contributed by atoms with Crippen molar-refractivity contribution in [2.45, 2.75) is 39.7 Å². The van der Waals surface area contributed by atoms with Crippen molar-refractivity contribution in [1.82, 2.24) is 4.90 Å². The van der Waals surface area contributed by atoms with E-state index in [1.807, 2.05) is 30.3 Å². The Bertz CT molecular complexity index is 401. The lowest BCUT2D eigenvalue weighted by Gasteiger charge is -2.31. The van der Waals surface area contributed by atoms with E-state index in [4.69, 9.17) is 4.74 Å². The van der Waals surface area contributed by atoms with Crippen LogP contribution in [0.3, 0.4) is 0 Å². The van der Waals surface area contributed by atoms with Crippen LogP contribution < -0.4 is 0 Å². The van der Waals surface area contributed by atoms with Crippen LogP contribution in [-0.4, -0.2) is 37.1 Å². The van der Waals surface area contributed by atoms with Gasteiger partial charge in [-0.25, -0.2) is 0 Å². The van der Waals surface area contributed by atoms with Crippen molar-refractivity contribution in [3.05, 3.63) is 35.9 Å². The Balaban J connectivity index is 2.91. The monoisotopic (exact) mass is 277 g/mol. The summed E-state index contributed by atoms with van der Waals surface area (Å²) in [5, 5.41) is 0.